The van der Waals surface area contributed by atoms with E-state index in [1.54, 1.807) is 17.0 Å². The summed E-state index contributed by atoms with van der Waals surface area (Å²) >= 11 is 0. The van der Waals surface area contributed by atoms with Crippen molar-refractivity contribution in [3.05, 3.63) is 70.3 Å². The lowest BCUT2D eigenvalue weighted by Crippen LogP contribution is -2.38. The molecule has 0 unspecified atom stereocenters. The molecule has 35 heavy (non-hydrogen) atoms. The number of ketones is 1. The fraction of sp³-hybridized carbons (Fsp3) is 0.448. The normalized spacial score (nSPS) is 17.6. The van der Waals surface area contributed by atoms with Gasteiger partial charge in [0.1, 0.15) is 11.5 Å². The fourth-order valence-electron chi connectivity index (χ4n) is 4.39. The summed E-state index contributed by atoms with van der Waals surface area (Å²) in [5.74, 6) is -0.258. The van der Waals surface area contributed by atoms with Crippen LogP contribution in [0.15, 0.2) is 48.0 Å². The molecule has 1 N–H and O–H groups in total. The highest BCUT2D eigenvalue weighted by molar-refractivity contribution is 6.46. The van der Waals surface area contributed by atoms with E-state index in [2.05, 4.69) is 32.6 Å². The summed E-state index contributed by atoms with van der Waals surface area (Å²) in [6.45, 7) is 15.6. The van der Waals surface area contributed by atoms with E-state index in [0.29, 0.717) is 36.9 Å². The van der Waals surface area contributed by atoms with E-state index in [0.717, 1.165) is 29.8 Å². The molecule has 1 heterocycles. The first-order valence-corrected chi connectivity index (χ1v) is 12.5. The molecule has 2 aromatic rings. The van der Waals surface area contributed by atoms with Crippen molar-refractivity contribution >= 4 is 17.4 Å². The molecule has 1 amide bonds. The van der Waals surface area contributed by atoms with Gasteiger partial charge in [0.25, 0.3) is 11.7 Å². The quantitative estimate of drug-likeness (QED) is 0.292. The van der Waals surface area contributed by atoms with Crippen LogP contribution >= 0.6 is 0 Å². The number of Topliss-reactive ketones (excluding diaryl/α,β-unsaturated/α-hetero) is 1. The maximum absolute atomic E-state index is 13.3. The average molecular weight is 479 g/mol. The van der Waals surface area contributed by atoms with E-state index in [9.17, 15) is 14.7 Å². The largest absolute Gasteiger partial charge is 0.507 e. The average Bonchev–Trinajstić information content (AvgIpc) is 3.08. The van der Waals surface area contributed by atoms with Crippen LogP contribution in [0, 0.1) is 19.8 Å². The lowest BCUT2D eigenvalue weighted by atomic mass is 9.93. The molecule has 3 rings (SSSR count). The predicted molar refractivity (Wildman–Crippen MR) is 139 cm³/mol. The number of hydrogen-bond acceptors (Lipinski definition) is 5. The van der Waals surface area contributed by atoms with Gasteiger partial charge in [0.05, 0.1) is 18.2 Å². The number of carbonyl (C=O) groups is 2. The van der Waals surface area contributed by atoms with Gasteiger partial charge in [-0.1, -0.05) is 57.5 Å². The van der Waals surface area contributed by atoms with Crippen molar-refractivity contribution in [3.63, 3.8) is 0 Å². The summed E-state index contributed by atoms with van der Waals surface area (Å²) in [6.07, 6.45) is 0. The standard InChI is InChI=1S/C29H38N2O4/c1-7-30(8-2)15-16-31-26(22-11-9-20(5)10-12-22)25(28(33)29(31)34)27(32)24-14-13-23(17-21(24)6)35-18-19(3)4/h9-14,17,19,26,32H,7-8,15-16,18H2,1-6H3/t26-/m1/s1. The number of aryl methyl sites for hydroxylation is 2. The number of aliphatic hydroxyl groups excluding tert-OH is 1. The Hall–Kier alpha value is -3.12. The fourth-order valence-corrected chi connectivity index (χ4v) is 4.39. The molecule has 0 aromatic heterocycles. The maximum atomic E-state index is 13.3. The van der Waals surface area contributed by atoms with Gasteiger partial charge in [-0.05, 0) is 62.2 Å². The van der Waals surface area contributed by atoms with Gasteiger partial charge in [-0.15, -0.1) is 0 Å². The van der Waals surface area contributed by atoms with Crippen LogP contribution in [0.2, 0.25) is 0 Å². The van der Waals surface area contributed by atoms with Crippen LogP contribution in [0.5, 0.6) is 5.75 Å². The summed E-state index contributed by atoms with van der Waals surface area (Å²) in [4.78, 5) is 30.3. The third-order valence-electron chi connectivity index (χ3n) is 6.52. The number of hydrogen-bond donors (Lipinski definition) is 1. The Morgan fingerprint density at radius 2 is 1.71 bits per heavy atom. The van der Waals surface area contributed by atoms with Gasteiger partial charge in [0, 0.05) is 18.7 Å². The maximum Gasteiger partial charge on any atom is 0.295 e. The molecular weight excluding hydrogens is 440 g/mol. The van der Waals surface area contributed by atoms with Crippen molar-refractivity contribution in [2.24, 2.45) is 5.92 Å². The summed E-state index contributed by atoms with van der Waals surface area (Å²) < 4.78 is 5.81. The second kappa shape index (κ2) is 11.5. The predicted octanol–water partition coefficient (Wildman–Crippen LogP) is 5.10. The van der Waals surface area contributed by atoms with Crippen LogP contribution in [0.1, 0.15) is 56.0 Å². The molecule has 0 aliphatic carbocycles. The smallest absolute Gasteiger partial charge is 0.295 e. The van der Waals surface area contributed by atoms with Crippen molar-refractivity contribution in [2.75, 3.05) is 32.8 Å². The van der Waals surface area contributed by atoms with E-state index < -0.39 is 17.7 Å². The van der Waals surface area contributed by atoms with Gasteiger partial charge in [-0.2, -0.15) is 0 Å². The summed E-state index contributed by atoms with van der Waals surface area (Å²) in [5, 5.41) is 11.4. The summed E-state index contributed by atoms with van der Waals surface area (Å²) in [6, 6.07) is 12.6. The van der Waals surface area contributed by atoms with E-state index in [-0.39, 0.29) is 11.3 Å². The molecule has 6 nitrogen and oxygen atoms in total. The molecule has 2 aromatic carbocycles. The van der Waals surface area contributed by atoms with E-state index >= 15 is 0 Å². The number of likely N-dealkylation sites (N-methyl/N-ethyl adjacent to an activating group) is 1. The number of ether oxygens (including phenoxy) is 1. The first kappa shape index (κ1) is 26.5. The number of rotatable bonds is 10. The van der Waals surface area contributed by atoms with Gasteiger partial charge in [-0.25, -0.2) is 0 Å². The number of carbonyl (C=O) groups excluding carboxylic acids is 2. The van der Waals surface area contributed by atoms with E-state index in [4.69, 9.17) is 4.74 Å². The van der Waals surface area contributed by atoms with Crippen molar-refractivity contribution in [1.82, 2.24) is 9.80 Å². The SMILES string of the molecule is CCN(CC)CCN1C(=O)C(=O)C(=C(O)c2ccc(OCC(C)C)cc2C)[C@H]1c1ccc(C)cc1. The van der Waals surface area contributed by atoms with Crippen molar-refractivity contribution in [2.45, 2.75) is 47.6 Å². The third kappa shape index (κ3) is 5.93. The Balaban J connectivity index is 2.05. The third-order valence-corrected chi connectivity index (χ3v) is 6.52. The number of aliphatic hydroxyl groups is 1. The molecule has 188 valence electrons. The zero-order valence-electron chi connectivity index (χ0n) is 21.8. The second-order valence-electron chi connectivity index (χ2n) is 9.61. The molecule has 1 fully saturated rings. The number of amides is 1. The van der Waals surface area contributed by atoms with E-state index in [1.165, 1.54) is 0 Å². The number of likely N-dealkylation sites (tertiary alicyclic amines) is 1. The molecule has 0 spiro atoms. The molecule has 0 saturated carbocycles. The van der Waals surface area contributed by atoms with Crippen LogP contribution in [0.25, 0.3) is 5.76 Å². The highest BCUT2D eigenvalue weighted by atomic mass is 16.5. The molecule has 0 bridgehead atoms. The lowest BCUT2D eigenvalue weighted by molar-refractivity contribution is -0.140. The molecule has 1 saturated heterocycles. The second-order valence-corrected chi connectivity index (χ2v) is 9.61. The van der Waals surface area contributed by atoms with Crippen LogP contribution < -0.4 is 4.74 Å². The topological polar surface area (TPSA) is 70.1 Å². The Bertz CT molecular complexity index is 1080. The molecular formula is C29H38N2O4. The minimum Gasteiger partial charge on any atom is -0.507 e. The van der Waals surface area contributed by atoms with Gasteiger partial charge in [0.15, 0.2) is 0 Å². The molecule has 1 aliphatic heterocycles. The molecule has 0 radical (unpaired) electrons. The van der Waals surface area contributed by atoms with Gasteiger partial charge in [-0.3, -0.25) is 9.59 Å². The van der Waals surface area contributed by atoms with E-state index in [1.807, 2.05) is 44.2 Å². The highest BCUT2D eigenvalue weighted by Gasteiger charge is 2.46. The summed E-state index contributed by atoms with van der Waals surface area (Å²) in [5.41, 5.74) is 3.34. The van der Waals surface area contributed by atoms with Crippen LogP contribution in [0.4, 0.5) is 0 Å². The Kier molecular flexibility index (Phi) is 8.73. The van der Waals surface area contributed by atoms with Crippen molar-refractivity contribution in [1.29, 1.82) is 0 Å². The van der Waals surface area contributed by atoms with Gasteiger partial charge >= 0.3 is 0 Å². The van der Waals surface area contributed by atoms with Crippen LogP contribution in [0.3, 0.4) is 0 Å². The highest BCUT2D eigenvalue weighted by Crippen LogP contribution is 2.40. The molecule has 6 heteroatoms. The van der Waals surface area contributed by atoms with Crippen molar-refractivity contribution in [3.8, 4) is 5.75 Å². The minimum absolute atomic E-state index is 0.136. The molecule has 1 atom stereocenters. The first-order chi connectivity index (χ1) is 16.7. The number of benzene rings is 2. The minimum atomic E-state index is -0.646. The van der Waals surface area contributed by atoms with Gasteiger partial charge < -0.3 is 19.6 Å². The Morgan fingerprint density at radius 1 is 1.06 bits per heavy atom. The van der Waals surface area contributed by atoms with Crippen LogP contribution in [-0.2, 0) is 9.59 Å². The van der Waals surface area contributed by atoms with Gasteiger partial charge in [0.2, 0.25) is 0 Å². The monoisotopic (exact) mass is 478 g/mol. The Morgan fingerprint density at radius 3 is 2.29 bits per heavy atom. The number of nitrogens with zero attached hydrogens (tertiary/aromatic N) is 2. The molecule has 1 aliphatic rings. The summed E-state index contributed by atoms with van der Waals surface area (Å²) in [7, 11) is 0. The Labute approximate surface area is 209 Å². The van der Waals surface area contributed by atoms with Crippen molar-refractivity contribution < 1.29 is 19.4 Å². The van der Waals surface area contributed by atoms with Crippen LogP contribution in [-0.4, -0.2) is 59.4 Å². The first-order valence-electron chi connectivity index (χ1n) is 12.5. The lowest BCUT2D eigenvalue weighted by Gasteiger charge is -2.28. The zero-order chi connectivity index (χ0) is 25.7. The zero-order valence-corrected chi connectivity index (χ0v) is 21.8.